The Morgan fingerprint density at radius 1 is 0.632 bits per heavy atom. The van der Waals surface area contributed by atoms with E-state index in [1.54, 1.807) is 35.2 Å². The van der Waals surface area contributed by atoms with E-state index in [0.29, 0.717) is 38.5 Å². The van der Waals surface area contributed by atoms with E-state index >= 15 is 0 Å². The molecule has 26 unspecified atom stereocenters. The van der Waals surface area contributed by atoms with Gasteiger partial charge in [0.05, 0.1) is 61.0 Å². The molecular formula is C49H80O19. The van der Waals surface area contributed by atoms with Crippen LogP contribution in [-0.4, -0.2) is 199 Å². The maximum absolute atomic E-state index is 12.8. The molecule has 0 radical (unpaired) electrons. The van der Waals surface area contributed by atoms with Gasteiger partial charge < -0.3 is 87.5 Å². The molecule has 8 rings (SSSR count). The minimum absolute atomic E-state index is 0.0115. The Morgan fingerprint density at radius 3 is 1.65 bits per heavy atom. The molecule has 0 aromatic heterocycles. The van der Waals surface area contributed by atoms with E-state index in [1.807, 2.05) is 26.8 Å². The predicted molar refractivity (Wildman–Crippen MR) is 237 cm³/mol. The van der Waals surface area contributed by atoms with Crippen LogP contribution in [0.25, 0.3) is 0 Å². The molecule has 68 heavy (non-hydrogen) atoms. The molecule has 0 amide bonds. The smallest absolute Gasteiger partial charge is 0.187 e. The minimum Gasteiger partial charge on any atom is -0.392 e. The molecule has 0 bridgehead atoms. The first-order chi connectivity index (χ1) is 32.1. The van der Waals surface area contributed by atoms with Crippen LogP contribution in [0.3, 0.4) is 0 Å². The topological polar surface area (TPSA) is 249 Å². The van der Waals surface area contributed by atoms with E-state index in [0.717, 1.165) is 5.57 Å². The van der Waals surface area contributed by atoms with E-state index in [2.05, 4.69) is 6.92 Å². The van der Waals surface area contributed by atoms with Crippen molar-refractivity contribution in [3.05, 3.63) is 11.6 Å². The highest BCUT2D eigenvalue weighted by Gasteiger charge is 2.79. The standard InChI is InChI=1S/C49H80O19/c1-22(50)29-17-35(52)49(56)47(29,7)34(51)21-33-46(6)14-13-28(16-27(46)12-15-48(33,49)55)65-36-18-30(57-8)41(24(3)61-36)66-37-19-31(58-9)42(25(4)62-37)67-38-20-32(59-10)43(26(5)63-38)68-45-40(54)44(60-11)39(53)23(2)64-45/h12,23-26,28-45,51-56H,13-21H2,1-11H3. The lowest BCUT2D eigenvalue weighted by Crippen LogP contribution is -2.78. The number of methoxy groups -OCH3 is 4. The molecule has 3 saturated carbocycles. The fourth-order valence-corrected chi connectivity index (χ4v) is 14.1. The largest absolute Gasteiger partial charge is 0.392 e. The second-order valence-electron chi connectivity index (χ2n) is 21.6. The third-order valence-corrected chi connectivity index (χ3v) is 18.0. The number of rotatable bonds is 13. The van der Waals surface area contributed by atoms with Crippen LogP contribution in [0.15, 0.2) is 11.6 Å². The molecule has 6 N–H and O–H groups in total. The summed E-state index contributed by atoms with van der Waals surface area (Å²) >= 11 is 0. The number of hydrogen-bond donors (Lipinski definition) is 6. The summed E-state index contributed by atoms with van der Waals surface area (Å²) in [6.07, 6.45) is -8.76. The molecule has 26 atom stereocenters. The van der Waals surface area contributed by atoms with Gasteiger partial charge in [-0.1, -0.05) is 25.5 Å². The first kappa shape index (κ1) is 53.0. The lowest BCUT2D eigenvalue weighted by atomic mass is 9.42. The number of ketones is 1. The molecule has 7 fully saturated rings. The molecular weight excluding hydrogens is 893 g/mol. The molecule has 0 aromatic rings. The van der Waals surface area contributed by atoms with Crippen LogP contribution >= 0.6 is 0 Å². The van der Waals surface area contributed by atoms with Crippen LogP contribution in [0.5, 0.6) is 0 Å². The number of aliphatic hydroxyl groups is 6. The zero-order valence-electron chi connectivity index (χ0n) is 41.6. The number of ether oxygens (including phenoxy) is 12. The van der Waals surface area contributed by atoms with Gasteiger partial charge in [-0.15, -0.1) is 0 Å². The Morgan fingerprint density at radius 2 is 1.15 bits per heavy atom. The van der Waals surface area contributed by atoms with Crippen LogP contribution in [0.4, 0.5) is 0 Å². The van der Waals surface area contributed by atoms with Gasteiger partial charge in [-0.05, 0) is 78.6 Å². The van der Waals surface area contributed by atoms with Crippen molar-refractivity contribution >= 4 is 5.78 Å². The molecule has 19 heteroatoms. The summed E-state index contributed by atoms with van der Waals surface area (Å²) in [7, 11) is 6.25. The maximum Gasteiger partial charge on any atom is 0.187 e. The average molecular weight is 973 g/mol. The molecule has 4 saturated heterocycles. The van der Waals surface area contributed by atoms with Crippen molar-refractivity contribution in [2.45, 2.75) is 240 Å². The van der Waals surface area contributed by atoms with Gasteiger partial charge >= 0.3 is 0 Å². The molecule has 390 valence electrons. The van der Waals surface area contributed by atoms with Gasteiger partial charge in [0.25, 0.3) is 0 Å². The van der Waals surface area contributed by atoms with Crippen molar-refractivity contribution in [2.24, 2.45) is 22.7 Å². The fraction of sp³-hybridized carbons (Fsp3) is 0.939. The lowest BCUT2D eigenvalue weighted by molar-refractivity contribution is -0.356. The predicted octanol–water partition coefficient (Wildman–Crippen LogP) is 1.80. The fourth-order valence-electron chi connectivity index (χ4n) is 14.1. The van der Waals surface area contributed by atoms with E-state index in [1.165, 1.54) is 14.0 Å². The normalized spacial score (nSPS) is 54.0. The van der Waals surface area contributed by atoms with Crippen LogP contribution in [0.2, 0.25) is 0 Å². The Bertz CT molecular complexity index is 1790. The van der Waals surface area contributed by atoms with E-state index < -0.39 is 151 Å². The first-order valence-corrected chi connectivity index (χ1v) is 24.8. The zero-order valence-corrected chi connectivity index (χ0v) is 41.6. The van der Waals surface area contributed by atoms with Crippen molar-refractivity contribution in [3.63, 3.8) is 0 Å². The summed E-state index contributed by atoms with van der Waals surface area (Å²) in [5.74, 6) is -1.55. The summed E-state index contributed by atoms with van der Waals surface area (Å²) < 4.78 is 74.4. The number of fused-ring (bicyclic) bond motifs is 5. The number of aliphatic hydroxyl groups excluding tert-OH is 4. The number of Topliss-reactive ketones (excluding diaryl/α,β-unsaturated/α-hetero) is 1. The summed E-state index contributed by atoms with van der Waals surface area (Å²) in [4.78, 5) is 12.8. The van der Waals surface area contributed by atoms with Crippen LogP contribution in [0.1, 0.15) is 106 Å². The van der Waals surface area contributed by atoms with Gasteiger partial charge in [0.1, 0.15) is 53.6 Å². The van der Waals surface area contributed by atoms with Crippen molar-refractivity contribution in [3.8, 4) is 0 Å². The molecule has 0 spiro atoms. The van der Waals surface area contributed by atoms with Crippen molar-refractivity contribution in [1.29, 1.82) is 0 Å². The van der Waals surface area contributed by atoms with E-state index in [-0.39, 0.29) is 31.1 Å². The Hall–Kier alpha value is -1.31. The van der Waals surface area contributed by atoms with Gasteiger partial charge in [0.2, 0.25) is 0 Å². The van der Waals surface area contributed by atoms with Gasteiger partial charge in [-0.2, -0.15) is 0 Å². The summed E-state index contributed by atoms with van der Waals surface area (Å²) in [5, 5.41) is 69.4. The minimum atomic E-state index is -2.07. The van der Waals surface area contributed by atoms with Crippen molar-refractivity contribution in [1.82, 2.24) is 0 Å². The van der Waals surface area contributed by atoms with Crippen LogP contribution < -0.4 is 0 Å². The van der Waals surface area contributed by atoms with Crippen LogP contribution in [-0.2, 0) is 61.6 Å². The number of carbonyl (C=O) groups excluding carboxylic acids is 1. The monoisotopic (exact) mass is 973 g/mol. The summed E-state index contributed by atoms with van der Waals surface area (Å²) in [6, 6.07) is 0. The Kier molecular flexibility index (Phi) is 15.7. The summed E-state index contributed by atoms with van der Waals surface area (Å²) in [6.45, 7) is 12.5. The first-order valence-electron chi connectivity index (χ1n) is 24.8. The third kappa shape index (κ3) is 8.80. The molecule has 4 heterocycles. The van der Waals surface area contributed by atoms with Gasteiger partial charge in [0, 0.05) is 65.0 Å². The number of carbonyl (C=O) groups is 1. The second kappa shape index (κ2) is 20.2. The van der Waals surface area contributed by atoms with Crippen molar-refractivity contribution in [2.75, 3.05) is 28.4 Å². The Labute approximate surface area is 400 Å². The SMILES string of the molecule is COC1CC(OC2CCC3(C)C(=CCC4(O)C3CC(O)C3(C)C(C(C)=O)CC(O)C43O)C2)OC(C)C1OC1CC(OC)C(OC2CC(OC)C(OC3OC(C)C(O)C(OC)C3O)C(C)O2)C(C)O1. The highest BCUT2D eigenvalue weighted by atomic mass is 16.8. The molecule has 19 nitrogen and oxygen atoms in total. The second-order valence-corrected chi connectivity index (χ2v) is 21.6. The highest BCUT2D eigenvalue weighted by molar-refractivity contribution is 5.80. The third-order valence-electron chi connectivity index (χ3n) is 18.0. The van der Waals surface area contributed by atoms with Gasteiger partial charge in [-0.3, -0.25) is 4.79 Å². The lowest BCUT2D eigenvalue weighted by Gasteiger charge is -2.66. The van der Waals surface area contributed by atoms with E-state index in [4.69, 9.17) is 56.8 Å². The molecule has 4 aliphatic carbocycles. The number of hydrogen-bond acceptors (Lipinski definition) is 19. The maximum atomic E-state index is 12.8. The molecule has 8 aliphatic rings. The average Bonchev–Trinajstić information content (AvgIpc) is 3.52. The van der Waals surface area contributed by atoms with Crippen molar-refractivity contribution < 1.29 is 92.3 Å². The highest BCUT2D eigenvalue weighted by Crippen LogP contribution is 2.69. The summed E-state index contributed by atoms with van der Waals surface area (Å²) in [5.41, 5.74) is -4.72. The quantitative estimate of drug-likeness (QED) is 0.144. The Balaban J connectivity index is 0.851. The molecule has 4 aliphatic heterocycles. The van der Waals surface area contributed by atoms with Gasteiger partial charge in [0.15, 0.2) is 25.2 Å². The van der Waals surface area contributed by atoms with Crippen LogP contribution in [0, 0.1) is 22.7 Å². The molecule has 0 aromatic carbocycles. The zero-order chi connectivity index (χ0) is 49.4. The van der Waals surface area contributed by atoms with Gasteiger partial charge in [-0.25, -0.2) is 0 Å². The van der Waals surface area contributed by atoms with E-state index in [9.17, 15) is 35.4 Å².